The van der Waals surface area contributed by atoms with Gasteiger partial charge in [-0.1, -0.05) is 51.4 Å². The molecule has 8 bridgehead atoms. The van der Waals surface area contributed by atoms with Crippen LogP contribution in [-0.2, 0) is 16.8 Å². The molecule has 45 heavy (non-hydrogen) atoms. The smallest absolute Gasteiger partial charge is 0.0628 e. The Labute approximate surface area is 282 Å². The molecular weight excluding hydrogens is 611 g/mol. The summed E-state index contributed by atoms with van der Waals surface area (Å²) in [6.07, 6.45) is 26.4. The van der Waals surface area contributed by atoms with Gasteiger partial charge in [-0.2, -0.15) is 6.42 Å². The van der Waals surface area contributed by atoms with Crippen LogP contribution in [0.15, 0.2) is 0 Å². The summed E-state index contributed by atoms with van der Waals surface area (Å²) < 4.78 is 0. The van der Waals surface area contributed by atoms with Crippen LogP contribution in [0.1, 0.15) is 96.3 Å². The van der Waals surface area contributed by atoms with E-state index in [9.17, 15) is 0 Å². The molecular formula is C32H63CoN12-5. The minimum Gasteiger partial charge on any atom is -0.693 e. The topological polar surface area (TPSA) is 230 Å². The van der Waals surface area contributed by atoms with E-state index in [0.717, 1.165) is 35.5 Å². The average molecular weight is 675 g/mol. The van der Waals surface area contributed by atoms with Crippen LogP contribution in [0, 0.1) is 53.8 Å². The molecule has 12 nitrogen and oxygen atoms in total. The van der Waals surface area contributed by atoms with Crippen molar-refractivity contribution in [2.45, 2.75) is 146 Å². The van der Waals surface area contributed by atoms with E-state index in [1.54, 1.807) is 0 Å². The van der Waals surface area contributed by atoms with Crippen LogP contribution in [-0.4, -0.2) is 49.3 Å². The molecule has 5 saturated heterocycles. The minimum atomic E-state index is 0. The maximum atomic E-state index is 4.25. The Hall–Kier alpha value is 0.0265. The molecule has 9 rings (SSSR count). The van der Waals surface area contributed by atoms with Gasteiger partial charge in [-0.3, -0.25) is 42.5 Å². The summed E-state index contributed by atoms with van der Waals surface area (Å²) in [5, 5.41) is 33.7. The maximum absolute atomic E-state index is 4.25. The zero-order chi connectivity index (χ0) is 26.2. The van der Waals surface area contributed by atoms with Crippen molar-refractivity contribution in [1.82, 2.24) is 42.5 Å². The second kappa shape index (κ2) is 15.7. The van der Waals surface area contributed by atoms with Crippen LogP contribution in [0.2, 0.25) is 0 Å². The molecule has 5 aliphatic heterocycles. The number of rotatable bonds is 0. The summed E-state index contributed by atoms with van der Waals surface area (Å²) >= 11 is 0. The molecule has 265 valence electrons. The van der Waals surface area contributed by atoms with Gasteiger partial charge in [0.05, 0.1) is 43.2 Å². The first-order chi connectivity index (χ1) is 19.8. The molecule has 9 aliphatic rings. The van der Waals surface area contributed by atoms with Gasteiger partial charge in [0.15, 0.2) is 0 Å². The number of nitrogens with one attached hydrogen (secondary N) is 8. The van der Waals surface area contributed by atoms with Crippen LogP contribution in [0.3, 0.4) is 0 Å². The summed E-state index contributed by atoms with van der Waals surface area (Å²) in [6, 6.07) is 0. The van der Waals surface area contributed by atoms with Crippen molar-refractivity contribution < 1.29 is 16.8 Å². The fourth-order valence-corrected chi connectivity index (χ4v) is 11.7. The van der Waals surface area contributed by atoms with Gasteiger partial charge >= 0.3 is 0 Å². The molecule has 4 aliphatic carbocycles. The largest absolute Gasteiger partial charge is 0.693 e. The molecule has 0 spiro atoms. The third kappa shape index (κ3) is 6.66. The monoisotopic (exact) mass is 674 g/mol. The molecule has 4 saturated carbocycles. The van der Waals surface area contributed by atoms with E-state index in [4.69, 9.17) is 0 Å². The van der Waals surface area contributed by atoms with Crippen LogP contribution >= 0.6 is 0 Å². The number of fused-ring (bicyclic) bond motifs is 20. The van der Waals surface area contributed by atoms with E-state index < -0.39 is 0 Å². The standard InChI is InChI=1S/C32H55N8.Co.4H2N/c1-2-10-18-17(9-1)25-33-26(18)38-28-21-13-5-6-14-22(21)30(35-28)40-32-24-16-8-7-15-23(24)31(36-32)39-29-20-12-4-3-11-19(20)27(34-29)37-25;;;;;/h9,17-40H,1-8,10-16H2;;4*1H2/q-1;;4*-1. The van der Waals surface area contributed by atoms with Gasteiger partial charge in [0, 0.05) is 22.9 Å². The summed E-state index contributed by atoms with van der Waals surface area (Å²) in [5.74, 6) is 5.74. The summed E-state index contributed by atoms with van der Waals surface area (Å²) in [5.41, 5.74) is 0. The van der Waals surface area contributed by atoms with Crippen molar-refractivity contribution in [1.29, 1.82) is 0 Å². The maximum Gasteiger partial charge on any atom is 0.0628 e. The first-order valence-corrected chi connectivity index (χ1v) is 17.7. The molecule has 5 heterocycles. The number of hydrogen-bond donors (Lipinski definition) is 8. The Morgan fingerprint density at radius 2 is 0.556 bits per heavy atom. The Balaban J connectivity index is 0.000000922. The van der Waals surface area contributed by atoms with Crippen LogP contribution in [0.25, 0.3) is 24.6 Å². The second-order valence-corrected chi connectivity index (χ2v) is 15.4. The molecule has 0 aromatic rings. The van der Waals surface area contributed by atoms with Gasteiger partial charge < -0.3 is 31.0 Å². The summed E-state index contributed by atoms with van der Waals surface area (Å²) in [4.78, 5) is 0. The first kappa shape index (κ1) is 37.8. The molecule has 9 fully saturated rings. The van der Waals surface area contributed by atoms with Gasteiger partial charge in [-0.15, -0.1) is 5.92 Å². The third-order valence-electron chi connectivity index (χ3n) is 13.6. The van der Waals surface area contributed by atoms with E-state index in [1.807, 2.05) is 0 Å². The molecule has 0 amide bonds. The van der Waals surface area contributed by atoms with Crippen LogP contribution in [0.4, 0.5) is 0 Å². The quantitative estimate of drug-likeness (QED) is 0.157. The predicted molar refractivity (Wildman–Crippen MR) is 178 cm³/mol. The normalized spacial score (nSPS) is 51.2. The molecule has 1 radical (unpaired) electrons. The fourth-order valence-electron chi connectivity index (χ4n) is 11.7. The Morgan fingerprint density at radius 3 is 0.867 bits per heavy atom. The van der Waals surface area contributed by atoms with Gasteiger partial charge in [-0.25, -0.2) is 0 Å². The van der Waals surface area contributed by atoms with Crippen molar-refractivity contribution in [3.8, 4) is 0 Å². The van der Waals surface area contributed by atoms with E-state index in [1.165, 1.54) is 96.3 Å². The Morgan fingerprint density at radius 1 is 0.311 bits per heavy atom. The molecule has 16 unspecified atom stereocenters. The number of nitrogens with two attached hydrogens (primary N) is 4. The summed E-state index contributed by atoms with van der Waals surface area (Å²) in [6.45, 7) is 0. The first-order valence-electron chi connectivity index (χ1n) is 17.7. The molecule has 16 N–H and O–H groups in total. The average Bonchev–Trinajstić information content (AvgIpc) is 3.73. The Kier molecular flexibility index (Phi) is 13.2. The Bertz CT molecular complexity index is 725. The van der Waals surface area contributed by atoms with Crippen LogP contribution < -0.4 is 42.5 Å². The van der Waals surface area contributed by atoms with Crippen LogP contribution in [0.5, 0.6) is 0 Å². The molecule has 13 heteroatoms. The molecule has 16 atom stereocenters. The minimum absolute atomic E-state index is 0. The van der Waals surface area contributed by atoms with Gasteiger partial charge in [0.1, 0.15) is 0 Å². The predicted octanol–water partition coefficient (Wildman–Crippen LogP) is 5.29. The van der Waals surface area contributed by atoms with Crippen molar-refractivity contribution >= 4 is 0 Å². The van der Waals surface area contributed by atoms with E-state index in [-0.39, 0.29) is 41.4 Å². The molecule has 0 aromatic carbocycles. The van der Waals surface area contributed by atoms with Crippen molar-refractivity contribution in [3.63, 3.8) is 0 Å². The second-order valence-electron chi connectivity index (χ2n) is 15.4. The molecule has 0 aromatic heterocycles. The summed E-state index contributed by atoms with van der Waals surface area (Å²) in [7, 11) is 0. The zero-order valence-corrected chi connectivity index (χ0v) is 28.1. The van der Waals surface area contributed by atoms with E-state index in [2.05, 4.69) is 49.0 Å². The van der Waals surface area contributed by atoms with Gasteiger partial charge in [0.25, 0.3) is 0 Å². The van der Waals surface area contributed by atoms with Crippen molar-refractivity contribution in [2.75, 3.05) is 0 Å². The van der Waals surface area contributed by atoms with Crippen molar-refractivity contribution in [2.24, 2.45) is 47.3 Å². The SMILES string of the molecule is [CH-]1CCCC2C3NC(NC4NC(NC5NC(NC6NC(N3)C3CCCCC63)C3CCCCC53)C3CCCCC43)C12.[Co].[NH2-].[NH2-].[NH2-].[NH2-]. The van der Waals surface area contributed by atoms with E-state index in [0.29, 0.717) is 61.2 Å². The van der Waals surface area contributed by atoms with Gasteiger partial charge in [-0.05, 0) is 80.0 Å². The van der Waals surface area contributed by atoms with Crippen molar-refractivity contribution in [3.05, 3.63) is 31.0 Å². The number of hydrogen-bond acceptors (Lipinski definition) is 8. The van der Waals surface area contributed by atoms with Gasteiger partial charge in [0.2, 0.25) is 0 Å². The third-order valence-corrected chi connectivity index (χ3v) is 13.6. The zero-order valence-electron chi connectivity index (χ0n) is 27.1. The fraction of sp³-hybridized carbons (Fsp3) is 0.969. The van der Waals surface area contributed by atoms with E-state index >= 15 is 0 Å².